The lowest BCUT2D eigenvalue weighted by Gasteiger charge is -2.20. The Hall–Kier alpha value is -2.85. The molecule has 180 valence electrons. The number of aromatic nitrogens is 2. The van der Waals surface area contributed by atoms with Crippen LogP contribution < -0.4 is 4.31 Å². The number of nitrogens with zero attached hydrogens (tertiary/aromatic N) is 3. The summed E-state index contributed by atoms with van der Waals surface area (Å²) in [7, 11) is -2.25. The molecule has 8 nitrogen and oxygen atoms in total. The normalized spacial score (nSPS) is 13.9. The Bertz CT molecular complexity index is 1120. The van der Waals surface area contributed by atoms with Gasteiger partial charge in [0.15, 0.2) is 0 Å². The fourth-order valence-electron chi connectivity index (χ4n) is 3.25. The van der Waals surface area contributed by atoms with Crippen LogP contribution in [0.2, 0.25) is 0 Å². The number of carboxylic acids is 1. The van der Waals surface area contributed by atoms with Gasteiger partial charge in [-0.15, -0.1) is 0 Å². The molecule has 0 spiro atoms. The van der Waals surface area contributed by atoms with Crippen LogP contribution >= 0.6 is 0 Å². The van der Waals surface area contributed by atoms with E-state index in [-0.39, 0.29) is 30.6 Å². The number of rotatable bonds is 10. The average Bonchev–Trinajstić information content (AvgIpc) is 2.70. The number of hydrogen-bond acceptors (Lipinski definition) is 6. The first kappa shape index (κ1) is 26.4. The predicted octanol–water partition coefficient (Wildman–Crippen LogP) is 3.68. The van der Waals surface area contributed by atoms with E-state index in [0.717, 1.165) is 10.6 Å². The Balaban J connectivity index is 2.61. The summed E-state index contributed by atoms with van der Waals surface area (Å²) >= 11 is 0. The van der Waals surface area contributed by atoms with Crippen LogP contribution in [-0.2, 0) is 14.8 Å². The fraction of sp³-hybridized carbons (Fsp3) is 0.435. The molecule has 0 aliphatic rings. The van der Waals surface area contributed by atoms with E-state index in [9.17, 15) is 22.7 Å². The van der Waals surface area contributed by atoms with E-state index >= 15 is 0 Å². The summed E-state index contributed by atoms with van der Waals surface area (Å²) < 4.78 is 38.7. The molecule has 0 fully saturated rings. The van der Waals surface area contributed by atoms with E-state index < -0.39 is 27.9 Å². The quantitative estimate of drug-likeness (QED) is 0.533. The number of hydrogen-bond donors (Lipinski definition) is 2. The summed E-state index contributed by atoms with van der Waals surface area (Å²) in [5.41, 5.74) is 2.27. The van der Waals surface area contributed by atoms with Gasteiger partial charge in [0, 0.05) is 18.2 Å². The molecular formula is C23H30FN3O5S. The molecule has 1 aromatic heterocycles. The van der Waals surface area contributed by atoms with Gasteiger partial charge in [-0.1, -0.05) is 32.9 Å². The van der Waals surface area contributed by atoms with Crippen molar-refractivity contribution in [2.75, 3.05) is 17.6 Å². The van der Waals surface area contributed by atoms with E-state index in [1.54, 1.807) is 18.2 Å². The fourth-order valence-corrected chi connectivity index (χ4v) is 3.63. The molecule has 2 N–H and O–H groups in total. The van der Waals surface area contributed by atoms with Gasteiger partial charge in [-0.05, 0) is 42.5 Å². The maximum atomic E-state index is 13.5. The number of carbonyl (C=O) groups is 1. The van der Waals surface area contributed by atoms with Gasteiger partial charge in [0.25, 0.3) is 0 Å². The van der Waals surface area contributed by atoms with Crippen molar-refractivity contribution in [2.24, 2.45) is 5.92 Å². The topological polar surface area (TPSA) is 121 Å². The van der Waals surface area contributed by atoms with Crippen molar-refractivity contribution in [1.29, 1.82) is 0 Å². The molecule has 2 rings (SSSR count). The van der Waals surface area contributed by atoms with Crippen molar-refractivity contribution in [3.05, 3.63) is 47.4 Å². The van der Waals surface area contributed by atoms with Gasteiger partial charge in [-0.2, -0.15) is 0 Å². The van der Waals surface area contributed by atoms with Gasteiger partial charge in [0.2, 0.25) is 16.0 Å². The molecule has 0 unspecified atom stereocenters. The van der Waals surface area contributed by atoms with E-state index in [1.165, 1.54) is 19.2 Å². The molecule has 0 aliphatic carbocycles. The zero-order valence-corrected chi connectivity index (χ0v) is 20.2. The van der Waals surface area contributed by atoms with Crippen molar-refractivity contribution >= 4 is 28.0 Å². The minimum Gasteiger partial charge on any atom is -0.481 e. The first-order valence-electron chi connectivity index (χ1n) is 10.5. The summed E-state index contributed by atoms with van der Waals surface area (Å²) in [5, 5.41) is 18.8. The zero-order chi connectivity index (χ0) is 24.9. The highest BCUT2D eigenvalue weighted by molar-refractivity contribution is 7.92. The predicted molar refractivity (Wildman–Crippen MR) is 126 cm³/mol. The van der Waals surface area contributed by atoms with Crippen LogP contribution in [0.5, 0.6) is 0 Å². The van der Waals surface area contributed by atoms with Crippen molar-refractivity contribution in [3.8, 4) is 11.3 Å². The smallest absolute Gasteiger partial charge is 0.305 e. The van der Waals surface area contributed by atoms with E-state index in [1.807, 2.05) is 26.8 Å². The van der Waals surface area contributed by atoms with Gasteiger partial charge in [0.1, 0.15) is 5.82 Å². The summed E-state index contributed by atoms with van der Waals surface area (Å²) in [6.07, 6.45) is 3.60. The van der Waals surface area contributed by atoms with Gasteiger partial charge >= 0.3 is 5.97 Å². The second-order valence-corrected chi connectivity index (χ2v) is 10.4. The molecule has 10 heteroatoms. The number of aliphatic hydroxyl groups is 1. The minimum atomic E-state index is -3.61. The maximum Gasteiger partial charge on any atom is 0.305 e. The summed E-state index contributed by atoms with van der Waals surface area (Å²) in [6.45, 7) is 5.68. The first-order valence-corrected chi connectivity index (χ1v) is 12.3. The number of carboxylic acid groups (broad SMARTS) is 1. The second-order valence-electron chi connectivity index (χ2n) is 8.39. The Labute approximate surface area is 193 Å². The Morgan fingerprint density at radius 3 is 2.30 bits per heavy atom. The highest BCUT2D eigenvalue weighted by Gasteiger charge is 2.22. The molecule has 0 radical (unpaired) electrons. The van der Waals surface area contributed by atoms with Crippen molar-refractivity contribution in [2.45, 2.75) is 45.6 Å². The van der Waals surface area contributed by atoms with Gasteiger partial charge in [-0.25, -0.2) is 27.1 Å². The van der Waals surface area contributed by atoms with Crippen molar-refractivity contribution < 1.29 is 27.8 Å². The van der Waals surface area contributed by atoms with E-state index in [2.05, 4.69) is 9.97 Å². The van der Waals surface area contributed by atoms with E-state index in [0.29, 0.717) is 22.5 Å². The third-order valence-corrected chi connectivity index (χ3v) is 6.21. The summed E-state index contributed by atoms with van der Waals surface area (Å²) in [5.74, 6) is -1.73. The van der Waals surface area contributed by atoms with E-state index in [4.69, 9.17) is 5.11 Å². The minimum absolute atomic E-state index is 0.00241. The van der Waals surface area contributed by atoms with Crippen LogP contribution in [0.25, 0.3) is 17.3 Å². The number of halogens is 1. The van der Waals surface area contributed by atoms with Crippen LogP contribution in [0.3, 0.4) is 0 Å². The Morgan fingerprint density at radius 1 is 1.18 bits per heavy atom. The zero-order valence-electron chi connectivity index (χ0n) is 19.4. The molecule has 0 bridgehead atoms. The van der Waals surface area contributed by atoms with Gasteiger partial charge in [-0.3, -0.25) is 4.79 Å². The lowest BCUT2D eigenvalue weighted by molar-refractivity contribution is -0.139. The SMILES string of the molecule is CC(C)c1nc(N(C)S(C)(=O)=O)nc(-c2ccc(F)cc2)c1/C=C/[C@@H](C)C[C@@H](O)CC(=O)O. The number of sulfonamides is 1. The number of benzene rings is 1. The van der Waals surface area contributed by atoms with Gasteiger partial charge < -0.3 is 10.2 Å². The van der Waals surface area contributed by atoms with Crippen LogP contribution in [0.1, 0.15) is 50.8 Å². The van der Waals surface area contributed by atoms with Crippen LogP contribution in [0.15, 0.2) is 30.3 Å². The third-order valence-electron chi connectivity index (χ3n) is 5.05. The second kappa shape index (κ2) is 10.8. The molecule has 1 heterocycles. The summed E-state index contributed by atoms with van der Waals surface area (Å²) in [6, 6.07) is 5.71. The number of aliphatic hydroxyl groups excluding tert-OH is 1. The molecule has 2 atom stereocenters. The lowest BCUT2D eigenvalue weighted by Crippen LogP contribution is -2.27. The average molecular weight is 480 g/mol. The Kier molecular flexibility index (Phi) is 8.68. The van der Waals surface area contributed by atoms with Crippen molar-refractivity contribution in [1.82, 2.24) is 9.97 Å². The van der Waals surface area contributed by atoms with Crippen LogP contribution in [0.4, 0.5) is 10.3 Å². The standard InChI is InChI=1S/C23H30FN3O5S/c1-14(2)21-19(11-6-15(3)12-18(28)13-20(29)30)22(16-7-9-17(24)10-8-16)26-23(25-21)27(4)33(5,31)32/h6-11,14-15,18,28H,12-13H2,1-5H3,(H,29,30)/b11-6+/t15-,18-/m1/s1. The highest BCUT2D eigenvalue weighted by atomic mass is 32.2. The molecule has 1 aromatic carbocycles. The molecule has 0 saturated carbocycles. The highest BCUT2D eigenvalue weighted by Crippen LogP contribution is 2.32. The van der Waals surface area contributed by atoms with Crippen molar-refractivity contribution in [3.63, 3.8) is 0 Å². The molecule has 33 heavy (non-hydrogen) atoms. The van der Waals surface area contributed by atoms with Gasteiger partial charge in [0.05, 0.1) is 30.2 Å². The lowest BCUT2D eigenvalue weighted by atomic mass is 9.95. The number of allylic oxidation sites excluding steroid dienone is 1. The summed E-state index contributed by atoms with van der Waals surface area (Å²) in [4.78, 5) is 19.8. The molecule has 0 amide bonds. The van der Waals surface area contributed by atoms with Crippen LogP contribution in [0, 0.1) is 11.7 Å². The Morgan fingerprint density at radius 2 is 1.79 bits per heavy atom. The number of aliphatic carboxylic acids is 1. The third kappa shape index (κ3) is 7.33. The molecule has 0 saturated heterocycles. The molecule has 2 aromatic rings. The maximum absolute atomic E-state index is 13.5. The largest absolute Gasteiger partial charge is 0.481 e. The first-order chi connectivity index (χ1) is 15.3. The van der Waals surface area contributed by atoms with Crippen LogP contribution in [-0.4, -0.2) is 54.0 Å². The molecular weight excluding hydrogens is 449 g/mol. The number of anilines is 1. The molecule has 0 aliphatic heterocycles. The monoisotopic (exact) mass is 479 g/mol.